The number of fused-ring (bicyclic) bond motifs is 4. The lowest BCUT2D eigenvalue weighted by atomic mass is 9.84. The number of rotatable bonds is 6. The molecule has 9 aromatic carbocycles. The first-order valence-electron chi connectivity index (χ1n) is 18.4. The van der Waals surface area contributed by atoms with Crippen LogP contribution in [0.15, 0.2) is 188 Å². The number of aryl methyl sites for hydroxylation is 1. The Morgan fingerprint density at radius 3 is 1.72 bits per heavy atom. The van der Waals surface area contributed by atoms with Crippen molar-refractivity contribution >= 4 is 43.4 Å². The normalized spacial score (nSPS) is 11.6. The van der Waals surface area contributed by atoms with Gasteiger partial charge in [-0.15, -0.1) is 0 Å². The monoisotopic (exact) mass is 676 g/mol. The second-order valence-corrected chi connectivity index (χ2v) is 13.8. The van der Waals surface area contributed by atoms with Gasteiger partial charge in [-0.25, -0.2) is 4.98 Å². The summed E-state index contributed by atoms with van der Waals surface area (Å²) in [5.74, 6) is 1.07. The van der Waals surface area contributed by atoms with E-state index in [1.54, 1.807) is 0 Å². The summed E-state index contributed by atoms with van der Waals surface area (Å²) < 4.78 is 2.30. The Balaban J connectivity index is 1.21. The molecule has 0 amide bonds. The molecule has 10 aromatic rings. The van der Waals surface area contributed by atoms with Crippen molar-refractivity contribution in [3.05, 3.63) is 194 Å². The number of nitrogens with zero attached hydrogens (tertiary/aromatic N) is 2. The van der Waals surface area contributed by atoms with Gasteiger partial charge in [-0.05, 0) is 107 Å². The third-order valence-corrected chi connectivity index (χ3v) is 10.8. The fourth-order valence-electron chi connectivity index (χ4n) is 8.28. The molecule has 0 aliphatic rings. The van der Waals surface area contributed by atoms with E-state index in [9.17, 15) is 0 Å². The molecule has 1 aromatic heterocycles. The van der Waals surface area contributed by atoms with E-state index < -0.39 is 0 Å². The minimum Gasteiger partial charge on any atom is -0.296 e. The Labute approximate surface area is 309 Å². The van der Waals surface area contributed by atoms with Crippen LogP contribution in [0.5, 0.6) is 0 Å². The van der Waals surface area contributed by atoms with Gasteiger partial charge >= 0.3 is 0 Å². The van der Waals surface area contributed by atoms with Crippen molar-refractivity contribution in [2.75, 3.05) is 0 Å². The lowest BCUT2D eigenvalue weighted by molar-refractivity contribution is 0.908. The Hall–Kier alpha value is -6.77. The van der Waals surface area contributed by atoms with Gasteiger partial charge in [0.25, 0.3) is 0 Å². The van der Waals surface area contributed by atoms with E-state index in [0.29, 0.717) is 0 Å². The Kier molecular flexibility index (Phi) is 7.47. The molecule has 53 heavy (non-hydrogen) atoms. The predicted molar refractivity (Wildman–Crippen MR) is 225 cm³/mol. The summed E-state index contributed by atoms with van der Waals surface area (Å²) in [6.45, 7) is 2.17. The van der Waals surface area contributed by atoms with Gasteiger partial charge in [0.2, 0.25) is 0 Å². The predicted octanol–water partition coefficient (Wildman–Crippen LogP) is 13.7. The van der Waals surface area contributed by atoms with Gasteiger partial charge in [0.1, 0.15) is 5.82 Å². The van der Waals surface area contributed by atoms with Gasteiger partial charge in [0.15, 0.2) is 0 Å². The van der Waals surface area contributed by atoms with Crippen LogP contribution in [0.3, 0.4) is 0 Å². The van der Waals surface area contributed by atoms with E-state index in [1.165, 1.54) is 76.8 Å². The fraction of sp³-hybridized carbons (Fsp3) is 0.0392. The summed E-state index contributed by atoms with van der Waals surface area (Å²) in [7, 11) is 0. The highest BCUT2D eigenvalue weighted by Crippen LogP contribution is 2.45. The third kappa shape index (κ3) is 5.22. The van der Waals surface area contributed by atoms with E-state index >= 15 is 0 Å². The van der Waals surface area contributed by atoms with Crippen LogP contribution in [0.4, 0.5) is 0 Å². The van der Waals surface area contributed by atoms with Gasteiger partial charge in [-0.2, -0.15) is 0 Å². The van der Waals surface area contributed by atoms with Crippen LogP contribution >= 0.6 is 0 Å². The van der Waals surface area contributed by atoms with Gasteiger partial charge in [-0.3, -0.25) is 4.57 Å². The molecule has 1 heterocycles. The first-order valence-corrected chi connectivity index (χ1v) is 18.4. The zero-order valence-electron chi connectivity index (χ0n) is 29.5. The molecule has 10 rings (SSSR count). The van der Waals surface area contributed by atoms with Crippen LogP contribution in [0, 0.1) is 0 Å². The average Bonchev–Trinajstić information content (AvgIpc) is 3.62. The smallest absolute Gasteiger partial charge is 0.114 e. The average molecular weight is 677 g/mol. The van der Waals surface area contributed by atoms with Crippen molar-refractivity contribution in [2.24, 2.45) is 0 Å². The lowest BCUT2D eigenvalue weighted by Crippen LogP contribution is -2.00. The fourth-order valence-corrected chi connectivity index (χ4v) is 8.28. The topological polar surface area (TPSA) is 17.8 Å². The maximum atomic E-state index is 4.95. The Bertz CT molecular complexity index is 2950. The molecule has 0 spiro atoms. The van der Waals surface area contributed by atoms with Crippen molar-refractivity contribution in [1.82, 2.24) is 9.55 Å². The molecule has 250 valence electrons. The highest BCUT2D eigenvalue weighted by molar-refractivity contribution is 6.22. The minimum absolute atomic E-state index is 0.860. The van der Waals surface area contributed by atoms with Gasteiger partial charge in [0, 0.05) is 12.1 Å². The standard InChI is InChI=1S/C51H36N2/c1-2-49-52-47-21-10-11-22-48(47)53(49)40-30-27-38(28-31-40)50-43-18-8-9-19-44(43)51(37-25-23-35(24-26-37)34-13-4-3-5-14-34)46-33-39(29-32-45(46)50)42-20-12-16-36-15-6-7-17-41(36)42/h3-33H,2H2,1H3. The van der Waals surface area contributed by atoms with Crippen LogP contribution in [-0.2, 0) is 6.42 Å². The second-order valence-electron chi connectivity index (χ2n) is 13.8. The maximum Gasteiger partial charge on any atom is 0.114 e. The molecule has 0 saturated heterocycles. The molecule has 0 unspecified atom stereocenters. The van der Waals surface area contributed by atoms with E-state index in [4.69, 9.17) is 4.98 Å². The van der Waals surface area contributed by atoms with Gasteiger partial charge < -0.3 is 0 Å². The van der Waals surface area contributed by atoms with E-state index in [2.05, 4.69) is 200 Å². The Morgan fingerprint density at radius 2 is 0.962 bits per heavy atom. The van der Waals surface area contributed by atoms with Crippen molar-refractivity contribution in [3.8, 4) is 50.2 Å². The number of hydrogen-bond donors (Lipinski definition) is 0. The molecule has 0 aliphatic heterocycles. The molecule has 0 radical (unpaired) electrons. The van der Waals surface area contributed by atoms with Crippen LogP contribution in [0.2, 0.25) is 0 Å². The van der Waals surface area contributed by atoms with E-state index in [1.807, 2.05) is 0 Å². The highest BCUT2D eigenvalue weighted by Gasteiger charge is 2.19. The van der Waals surface area contributed by atoms with Gasteiger partial charge in [-0.1, -0.05) is 165 Å². The first-order chi connectivity index (χ1) is 26.2. The number of benzene rings is 9. The quantitative estimate of drug-likeness (QED) is 0.160. The molecule has 2 heteroatoms. The highest BCUT2D eigenvalue weighted by atomic mass is 15.1. The SMILES string of the molecule is CCc1nc2ccccc2n1-c1ccc(-c2c3ccccc3c(-c3ccc(-c4ccccc4)cc3)c3cc(-c4cccc5ccccc45)ccc23)cc1. The summed E-state index contributed by atoms with van der Waals surface area (Å²) in [4.78, 5) is 4.95. The molecule has 0 atom stereocenters. The summed E-state index contributed by atoms with van der Waals surface area (Å²) in [5, 5.41) is 7.49. The van der Waals surface area contributed by atoms with E-state index in [0.717, 1.165) is 29.0 Å². The van der Waals surface area contributed by atoms with E-state index in [-0.39, 0.29) is 0 Å². The first kappa shape index (κ1) is 31.0. The minimum atomic E-state index is 0.860. The van der Waals surface area contributed by atoms with Crippen molar-refractivity contribution in [3.63, 3.8) is 0 Å². The molecular formula is C51H36N2. The van der Waals surface area contributed by atoms with Crippen molar-refractivity contribution in [2.45, 2.75) is 13.3 Å². The maximum absolute atomic E-state index is 4.95. The zero-order chi connectivity index (χ0) is 35.3. The van der Waals surface area contributed by atoms with Crippen LogP contribution in [0.1, 0.15) is 12.7 Å². The molecular weight excluding hydrogens is 641 g/mol. The molecule has 0 fully saturated rings. The van der Waals surface area contributed by atoms with Gasteiger partial charge in [0.05, 0.1) is 11.0 Å². The molecule has 0 saturated carbocycles. The molecule has 0 bridgehead atoms. The summed E-state index contributed by atoms with van der Waals surface area (Å²) in [6.07, 6.45) is 0.860. The summed E-state index contributed by atoms with van der Waals surface area (Å²) >= 11 is 0. The number of imidazole rings is 1. The third-order valence-electron chi connectivity index (χ3n) is 10.8. The second kappa shape index (κ2) is 12.8. The molecule has 0 N–H and O–H groups in total. The van der Waals surface area contributed by atoms with Crippen LogP contribution < -0.4 is 0 Å². The number of aromatic nitrogens is 2. The summed E-state index contributed by atoms with van der Waals surface area (Å²) in [5.41, 5.74) is 13.1. The molecule has 0 aliphatic carbocycles. The Morgan fingerprint density at radius 1 is 0.415 bits per heavy atom. The number of hydrogen-bond acceptors (Lipinski definition) is 1. The zero-order valence-corrected chi connectivity index (χ0v) is 29.5. The summed E-state index contributed by atoms with van der Waals surface area (Å²) in [6, 6.07) is 68.6. The van der Waals surface area contributed by atoms with Crippen LogP contribution in [0.25, 0.3) is 93.5 Å². The van der Waals surface area contributed by atoms with Crippen LogP contribution in [-0.4, -0.2) is 9.55 Å². The van der Waals surface area contributed by atoms with Crippen molar-refractivity contribution in [1.29, 1.82) is 0 Å². The lowest BCUT2D eigenvalue weighted by Gasteiger charge is -2.19. The van der Waals surface area contributed by atoms with Crippen molar-refractivity contribution < 1.29 is 0 Å². The number of para-hydroxylation sites is 2. The molecule has 2 nitrogen and oxygen atoms in total. The largest absolute Gasteiger partial charge is 0.296 e.